The molecule has 3 aromatic rings. The molecule has 0 heterocycles. The zero-order valence-corrected chi connectivity index (χ0v) is 25.5. The van der Waals surface area contributed by atoms with Gasteiger partial charge in [0.05, 0.1) is 17.2 Å². The standard InChI is InChI=1S/C31H38ClN3O5S/c1-5-23(4)33-31(37)27(6-2)34(21-24-17-19-25(32)20-18-24)30(36)22-35(28-15-11-12-16-29(28)40-7-3)41(38,39)26-13-9-8-10-14-26/h8-20,23,27H,5-7,21-22H2,1-4H3,(H,33,37)/t23-,27+/m0/s1. The molecule has 2 amide bonds. The van der Waals surface area contributed by atoms with Crippen molar-refractivity contribution in [3.8, 4) is 5.75 Å². The largest absolute Gasteiger partial charge is 0.492 e. The van der Waals surface area contributed by atoms with Gasteiger partial charge in [0.25, 0.3) is 10.0 Å². The van der Waals surface area contributed by atoms with E-state index in [1.807, 2.05) is 20.8 Å². The molecule has 220 valence electrons. The van der Waals surface area contributed by atoms with Crippen molar-refractivity contribution in [3.05, 3.63) is 89.4 Å². The zero-order valence-electron chi connectivity index (χ0n) is 23.9. The summed E-state index contributed by atoms with van der Waals surface area (Å²) in [5.41, 5.74) is 0.986. The van der Waals surface area contributed by atoms with Crippen molar-refractivity contribution in [2.75, 3.05) is 17.5 Å². The van der Waals surface area contributed by atoms with E-state index in [1.54, 1.807) is 73.7 Å². The highest BCUT2D eigenvalue weighted by atomic mass is 35.5. The van der Waals surface area contributed by atoms with E-state index < -0.39 is 28.5 Å². The quantitative estimate of drug-likeness (QED) is 0.258. The van der Waals surface area contributed by atoms with Crippen molar-refractivity contribution in [1.82, 2.24) is 10.2 Å². The molecule has 2 atom stereocenters. The first-order valence-corrected chi connectivity index (χ1v) is 15.6. The van der Waals surface area contributed by atoms with Crippen molar-refractivity contribution in [3.63, 3.8) is 0 Å². The lowest BCUT2D eigenvalue weighted by Gasteiger charge is -2.34. The van der Waals surface area contributed by atoms with Crippen LogP contribution >= 0.6 is 11.6 Å². The minimum atomic E-state index is -4.19. The number of hydrogen-bond donors (Lipinski definition) is 1. The van der Waals surface area contributed by atoms with Crippen LogP contribution in [0, 0.1) is 0 Å². The van der Waals surface area contributed by atoms with Crippen molar-refractivity contribution in [1.29, 1.82) is 0 Å². The van der Waals surface area contributed by atoms with Gasteiger partial charge in [0.2, 0.25) is 11.8 Å². The lowest BCUT2D eigenvalue weighted by atomic mass is 10.1. The first-order chi connectivity index (χ1) is 19.6. The molecular weight excluding hydrogens is 562 g/mol. The third-order valence-electron chi connectivity index (χ3n) is 6.70. The normalized spacial score (nSPS) is 12.7. The molecular formula is C31H38ClN3O5S. The van der Waals surface area contributed by atoms with Crippen LogP contribution in [0.25, 0.3) is 0 Å². The average Bonchev–Trinajstić information content (AvgIpc) is 2.97. The Morgan fingerprint density at radius 3 is 2.15 bits per heavy atom. The van der Waals surface area contributed by atoms with Gasteiger partial charge >= 0.3 is 0 Å². The Hall–Kier alpha value is -3.56. The fraction of sp³-hybridized carbons (Fsp3) is 0.355. The maximum absolute atomic E-state index is 14.2. The summed E-state index contributed by atoms with van der Waals surface area (Å²) in [5.74, 6) is -0.499. The molecule has 0 fully saturated rings. The van der Waals surface area contributed by atoms with Crippen molar-refractivity contribution in [2.24, 2.45) is 0 Å². The second-order valence-corrected chi connectivity index (χ2v) is 11.9. The Labute approximate surface area is 248 Å². The molecule has 0 aromatic heterocycles. The van der Waals surface area contributed by atoms with Crippen LogP contribution in [0.1, 0.15) is 46.1 Å². The van der Waals surface area contributed by atoms with Crippen LogP contribution in [0.2, 0.25) is 5.02 Å². The Balaban J connectivity index is 2.09. The fourth-order valence-corrected chi connectivity index (χ4v) is 5.89. The smallest absolute Gasteiger partial charge is 0.264 e. The number of benzene rings is 3. The van der Waals surface area contributed by atoms with Gasteiger partial charge in [-0.3, -0.25) is 13.9 Å². The number of hydrogen-bond acceptors (Lipinski definition) is 5. The van der Waals surface area contributed by atoms with Gasteiger partial charge in [-0.25, -0.2) is 8.42 Å². The predicted molar refractivity (Wildman–Crippen MR) is 163 cm³/mol. The van der Waals surface area contributed by atoms with Gasteiger partial charge in [-0.1, -0.05) is 67.9 Å². The van der Waals surface area contributed by atoms with Gasteiger partial charge in [0.1, 0.15) is 18.3 Å². The van der Waals surface area contributed by atoms with Crippen LogP contribution in [-0.2, 0) is 26.2 Å². The van der Waals surface area contributed by atoms with E-state index in [0.717, 1.165) is 16.3 Å². The second-order valence-electron chi connectivity index (χ2n) is 9.62. The molecule has 10 heteroatoms. The molecule has 0 aliphatic carbocycles. The third kappa shape index (κ3) is 8.24. The first kappa shape index (κ1) is 32.0. The van der Waals surface area contributed by atoms with E-state index in [4.69, 9.17) is 16.3 Å². The topological polar surface area (TPSA) is 96.0 Å². The molecule has 0 saturated heterocycles. The summed E-state index contributed by atoms with van der Waals surface area (Å²) in [6.07, 6.45) is 1.06. The van der Waals surface area contributed by atoms with Crippen LogP contribution in [-0.4, -0.2) is 50.4 Å². The second kappa shape index (κ2) is 14.9. The van der Waals surface area contributed by atoms with Crippen LogP contribution in [0.4, 0.5) is 5.69 Å². The number of carbonyl (C=O) groups is 2. The highest BCUT2D eigenvalue weighted by Crippen LogP contribution is 2.33. The maximum atomic E-state index is 14.2. The predicted octanol–water partition coefficient (Wildman–Crippen LogP) is 5.66. The lowest BCUT2D eigenvalue weighted by molar-refractivity contribution is -0.140. The van der Waals surface area contributed by atoms with Gasteiger partial charge in [-0.15, -0.1) is 0 Å². The molecule has 0 radical (unpaired) electrons. The summed E-state index contributed by atoms with van der Waals surface area (Å²) in [4.78, 5) is 29.0. The fourth-order valence-electron chi connectivity index (χ4n) is 4.32. The number of nitrogens with zero attached hydrogens (tertiary/aromatic N) is 2. The van der Waals surface area contributed by atoms with Gasteiger partial charge < -0.3 is 15.0 Å². The number of nitrogens with one attached hydrogen (secondary N) is 1. The first-order valence-electron chi connectivity index (χ1n) is 13.8. The minimum Gasteiger partial charge on any atom is -0.492 e. The molecule has 3 aromatic carbocycles. The summed E-state index contributed by atoms with van der Waals surface area (Å²) in [6.45, 7) is 7.34. The molecule has 0 bridgehead atoms. The number of para-hydroxylation sites is 2. The SMILES string of the molecule is CCOc1ccccc1N(CC(=O)N(Cc1ccc(Cl)cc1)[C@H](CC)C(=O)N[C@@H](C)CC)S(=O)(=O)c1ccccc1. The summed E-state index contributed by atoms with van der Waals surface area (Å²) in [6, 6.07) is 20.7. The monoisotopic (exact) mass is 599 g/mol. The van der Waals surface area contributed by atoms with E-state index in [9.17, 15) is 18.0 Å². The van der Waals surface area contributed by atoms with Crippen LogP contribution in [0.3, 0.4) is 0 Å². The molecule has 0 unspecified atom stereocenters. The number of anilines is 1. The minimum absolute atomic E-state index is 0.0323. The van der Waals surface area contributed by atoms with E-state index in [1.165, 1.54) is 17.0 Å². The number of carbonyl (C=O) groups excluding carboxylic acids is 2. The van der Waals surface area contributed by atoms with Gasteiger partial charge in [-0.2, -0.15) is 0 Å². The molecule has 8 nitrogen and oxygen atoms in total. The Bertz CT molecular complexity index is 1400. The van der Waals surface area contributed by atoms with E-state index in [-0.39, 0.29) is 29.1 Å². The molecule has 41 heavy (non-hydrogen) atoms. The summed E-state index contributed by atoms with van der Waals surface area (Å²) in [7, 11) is -4.19. The van der Waals surface area contributed by atoms with Gasteiger partial charge in [-0.05, 0) is 68.7 Å². The highest BCUT2D eigenvalue weighted by Gasteiger charge is 2.35. The van der Waals surface area contributed by atoms with E-state index in [0.29, 0.717) is 23.8 Å². The number of rotatable bonds is 14. The van der Waals surface area contributed by atoms with Crippen LogP contribution in [0.15, 0.2) is 83.8 Å². The van der Waals surface area contributed by atoms with E-state index in [2.05, 4.69) is 5.32 Å². The van der Waals surface area contributed by atoms with Crippen molar-refractivity contribution >= 4 is 39.1 Å². The molecule has 3 rings (SSSR count). The molecule has 0 spiro atoms. The number of amides is 2. The zero-order chi connectivity index (χ0) is 30.0. The number of sulfonamides is 1. The number of halogens is 1. The van der Waals surface area contributed by atoms with Gasteiger partial charge in [0, 0.05) is 17.6 Å². The van der Waals surface area contributed by atoms with Gasteiger partial charge in [0.15, 0.2) is 0 Å². The maximum Gasteiger partial charge on any atom is 0.264 e. The average molecular weight is 600 g/mol. The Kier molecular flexibility index (Phi) is 11.6. The van der Waals surface area contributed by atoms with Crippen molar-refractivity contribution < 1.29 is 22.7 Å². The third-order valence-corrected chi connectivity index (χ3v) is 8.72. The van der Waals surface area contributed by atoms with Crippen LogP contribution in [0.5, 0.6) is 5.75 Å². The van der Waals surface area contributed by atoms with Crippen LogP contribution < -0.4 is 14.4 Å². The lowest BCUT2D eigenvalue weighted by Crippen LogP contribution is -2.53. The van der Waals surface area contributed by atoms with Crippen molar-refractivity contribution in [2.45, 2.75) is 64.1 Å². The molecule has 0 aliphatic heterocycles. The molecule has 1 N–H and O–H groups in total. The molecule has 0 aliphatic rings. The highest BCUT2D eigenvalue weighted by molar-refractivity contribution is 7.92. The Morgan fingerprint density at radius 2 is 1.54 bits per heavy atom. The summed E-state index contributed by atoms with van der Waals surface area (Å²) < 4.78 is 34.8. The van der Waals surface area contributed by atoms with E-state index >= 15 is 0 Å². The summed E-state index contributed by atoms with van der Waals surface area (Å²) in [5, 5.41) is 3.51. The Morgan fingerprint density at radius 1 is 0.902 bits per heavy atom. The summed E-state index contributed by atoms with van der Waals surface area (Å²) >= 11 is 6.08. The molecule has 0 saturated carbocycles. The number of ether oxygens (including phenoxy) is 1.